The standard InChI is InChI=1S/C10H16N4OS/c1-6-4-7(2)14(5-6)9(15)8-12-13-10(11-3)16-8/h6-7H,4-5H2,1-3H3,(H,11,13). The second-order valence-corrected chi connectivity index (χ2v) is 5.29. The molecule has 88 valence electrons. The summed E-state index contributed by atoms with van der Waals surface area (Å²) in [7, 11) is 1.77. The second-order valence-electron chi connectivity index (χ2n) is 4.31. The van der Waals surface area contributed by atoms with Crippen molar-refractivity contribution in [2.24, 2.45) is 5.92 Å². The quantitative estimate of drug-likeness (QED) is 0.850. The van der Waals surface area contributed by atoms with E-state index >= 15 is 0 Å². The van der Waals surface area contributed by atoms with Crippen LogP contribution in [0.3, 0.4) is 0 Å². The van der Waals surface area contributed by atoms with Crippen molar-refractivity contribution < 1.29 is 4.79 Å². The first-order valence-corrected chi connectivity index (χ1v) is 6.25. The molecule has 1 aliphatic rings. The molecular weight excluding hydrogens is 224 g/mol. The summed E-state index contributed by atoms with van der Waals surface area (Å²) in [4.78, 5) is 14.0. The molecule has 0 aromatic carbocycles. The van der Waals surface area contributed by atoms with Gasteiger partial charge in [-0.05, 0) is 19.3 Å². The maximum atomic E-state index is 12.1. The van der Waals surface area contributed by atoms with Crippen LogP contribution < -0.4 is 5.32 Å². The van der Waals surface area contributed by atoms with Crippen LogP contribution in [-0.2, 0) is 0 Å². The van der Waals surface area contributed by atoms with Crippen molar-refractivity contribution in [2.45, 2.75) is 26.3 Å². The number of nitrogens with one attached hydrogen (secondary N) is 1. The van der Waals surface area contributed by atoms with E-state index in [9.17, 15) is 4.79 Å². The molecule has 0 spiro atoms. The van der Waals surface area contributed by atoms with Crippen molar-refractivity contribution in [3.63, 3.8) is 0 Å². The third-order valence-corrected chi connectivity index (χ3v) is 3.80. The highest BCUT2D eigenvalue weighted by Crippen LogP contribution is 2.25. The lowest BCUT2D eigenvalue weighted by Crippen LogP contribution is -2.33. The van der Waals surface area contributed by atoms with E-state index in [2.05, 4.69) is 29.4 Å². The minimum Gasteiger partial charge on any atom is -0.363 e. The third-order valence-electron chi connectivity index (χ3n) is 2.87. The molecule has 1 fully saturated rings. The first kappa shape index (κ1) is 11.3. The van der Waals surface area contributed by atoms with Gasteiger partial charge in [0, 0.05) is 19.6 Å². The molecule has 1 aromatic rings. The Hall–Kier alpha value is -1.17. The molecule has 0 aliphatic carbocycles. The van der Waals surface area contributed by atoms with Crippen molar-refractivity contribution in [1.82, 2.24) is 15.1 Å². The van der Waals surface area contributed by atoms with Crippen LogP contribution >= 0.6 is 11.3 Å². The molecule has 1 amide bonds. The zero-order chi connectivity index (χ0) is 11.7. The largest absolute Gasteiger partial charge is 0.363 e. The minimum atomic E-state index is 0.0100. The average molecular weight is 240 g/mol. The van der Waals surface area contributed by atoms with Crippen LogP contribution in [0.5, 0.6) is 0 Å². The van der Waals surface area contributed by atoms with E-state index in [1.165, 1.54) is 11.3 Å². The smallest absolute Gasteiger partial charge is 0.285 e. The molecule has 6 heteroatoms. The lowest BCUT2D eigenvalue weighted by molar-refractivity contribution is 0.0742. The van der Waals surface area contributed by atoms with Gasteiger partial charge in [0.05, 0.1) is 0 Å². The predicted octanol–water partition coefficient (Wildman–Crippen LogP) is 1.45. The lowest BCUT2D eigenvalue weighted by atomic mass is 10.1. The summed E-state index contributed by atoms with van der Waals surface area (Å²) in [5, 5.41) is 11.8. The fraction of sp³-hybridized carbons (Fsp3) is 0.700. The van der Waals surface area contributed by atoms with E-state index in [1.54, 1.807) is 7.05 Å². The van der Waals surface area contributed by atoms with Crippen LogP contribution in [0.1, 0.15) is 30.1 Å². The number of carbonyl (C=O) groups excluding carboxylic acids is 1. The summed E-state index contributed by atoms with van der Waals surface area (Å²) in [6, 6.07) is 0.310. The van der Waals surface area contributed by atoms with Crippen LogP contribution in [0, 0.1) is 5.92 Å². The second kappa shape index (κ2) is 4.37. The molecule has 1 aliphatic heterocycles. The molecule has 0 saturated carbocycles. The van der Waals surface area contributed by atoms with Gasteiger partial charge in [-0.1, -0.05) is 18.3 Å². The number of amides is 1. The van der Waals surface area contributed by atoms with Gasteiger partial charge in [0.15, 0.2) is 0 Å². The normalized spacial score (nSPS) is 24.8. The summed E-state index contributed by atoms with van der Waals surface area (Å²) < 4.78 is 0. The predicted molar refractivity (Wildman–Crippen MR) is 63.7 cm³/mol. The number of likely N-dealkylation sites (tertiary alicyclic amines) is 1. The molecule has 1 aromatic heterocycles. The van der Waals surface area contributed by atoms with Crippen LogP contribution in [-0.4, -0.2) is 40.6 Å². The SMILES string of the molecule is CNc1nnc(C(=O)N2CC(C)CC2C)s1. The first-order chi connectivity index (χ1) is 7.61. The highest BCUT2D eigenvalue weighted by atomic mass is 32.1. The van der Waals surface area contributed by atoms with E-state index in [0.717, 1.165) is 13.0 Å². The van der Waals surface area contributed by atoms with Gasteiger partial charge in [-0.3, -0.25) is 4.79 Å². The Balaban J connectivity index is 2.13. The van der Waals surface area contributed by atoms with Crippen LogP contribution in [0.15, 0.2) is 0 Å². The Morgan fingerprint density at radius 3 is 2.75 bits per heavy atom. The molecule has 0 radical (unpaired) electrons. The summed E-state index contributed by atoms with van der Waals surface area (Å²) >= 11 is 1.31. The fourth-order valence-electron chi connectivity index (χ4n) is 2.12. The number of nitrogens with zero attached hydrogens (tertiary/aromatic N) is 3. The number of carbonyl (C=O) groups is 1. The van der Waals surface area contributed by atoms with Crippen molar-refractivity contribution in [2.75, 3.05) is 18.9 Å². The number of aromatic nitrogens is 2. The van der Waals surface area contributed by atoms with Gasteiger partial charge in [0.1, 0.15) is 0 Å². The van der Waals surface area contributed by atoms with E-state index in [1.807, 2.05) is 4.90 Å². The topological polar surface area (TPSA) is 58.1 Å². The van der Waals surface area contributed by atoms with Gasteiger partial charge in [-0.15, -0.1) is 10.2 Å². The molecule has 2 heterocycles. The number of hydrogen-bond donors (Lipinski definition) is 1. The molecular formula is C10H16N4OS. The van der Waals surface area contributed by atoms with Crippen molar-refractivity contribution in [3.8, 4) is 0 Å². The van der Waals surface area contributed by atoms with E-state index < -0.39 is 0 Å². The Kier molecular flexibility index (Phi) is 3.09. The first-order valence-electron chi connectivity index (χ1n) is 5.44. The number of hydrogen-bond acceptors (Lipinski definition) is 5. The molecule has 16 heavy (non-hydrogen) atoms. The number of rotatable bonds is 2. The maximum Gasteiger partial charge on any atom is 0.285 e. The Morgan fingerprint density at radius 1 is 1.50 bits per heavy atom. The molecule has 2 atom stereocenters. The summed E-state index contributed by atoms with van der Waals surface area (Å²) in [6.45, 7) is 5.08. The van der Waals surface area contributed by atoms with E-state index in [0.29, 0.717) is 22.1 Å². The van der Waals surface area contributed by atoms with Gasteiger partial charge >= 0.3 is 0 Å². The molecule has 2 rings (SSSR count). The van der Waals surface area contributed by atoms with Crippen molar-refractivity contribution in [3.05, 3.63) is 5.01 Å². The summed E-state index contributed by atoms with van der Waals surface area (Å²) in [5.41, 5.74) is 0. The summed E-state index contributed by atoms with van der Waals surface area (Å²) in [5.74, 6) is 0.589. The summed E-state index contributed by atoms with van der Waals surface area (Å²) in [6.07, 6.45) is 1.07. The third kappa shape index (κ3) is 2.02. The Morgan fingerprint density at radius 2 is 2.25 bits per heavy atom. The zero-order valence-electron chi connectivity index (χ0n) is 9.73. The highest BCUT2D eigenvalue weighted by molar-refractivity contribution is 7.17. The van der Waals surface area contributed by atoms with E-state index in [4.69, 9.17) is 0 Å². The van der Waals surface area contributed by atoms with Gasteiger partial charge in [-0.2, -0.15) is 0 Å². The molecule has 1 saturated heterocycles. The van der Waals surface area contributed by atoms with Crippen LogP contribution in [0.4, 0.5) is 5.13 Å². The highest BCUT2D eigenvalue weighted by Gasteiger charge is 2.32. The van der Waals surface area contributed by atoms with Gasteiger partial charge in [0.2, 0.25) is 10.1 Å². The van der Waals surface area contributed by atoms with Crippen molar-refractivity contribution in [1.29, 1.82) is 0 Å². The maximum absolute atomic E-state index is 12.1. The lowest BCUT2D eigenvalue weighted by Gasteiger charge is -2.19. The number of anilines is 1. The molecule has 0 bridgehead atoms. The average Bonchev–Trinajstić information content (AvgIpc) is 2.84. The van der Waals surface area contributed by atoms with Gasteiger partial charge in [-0.25, -0.2) is 0 Å². The zero-order valence-corrected chi connectivity index (χ0v) is 10.5. The fourth-order valence-corrected chi connectivity index (χ4v) is 2.77. The molecule has 5 nitrogen and oxygen atoms in total. The van der Waals surface area contributed by atoms with Crippen LogP contribution in [0.25, 0.3) is 0 Å². The van der Waals surface area contributed by atoms with Gasteiger partial charge in [0.25, 0.3) is 5.91 Å². The molecule has 1 N–H and O–H groups in total. The van der Waals surface area contributed by atoms with Crippen LogP contribution in [0.2, 0.25) is 0 Å². The Labute approximate surface area is 98.9 Å². The monoisotopic (exact) mass is 240 g/mol. The van der Waals surface area contributed by atoms with E-state index in [-0.39, 0.29) is 5.91 Å². The molecule has 2 unspecified atom stereocenters. The van der Waals surface area contributed by atoms with Gasteiger partial charge < -0.3 is 10.2 Å². The van der Waals surface area contributed by atoms with Crippen molar-refractivity contribution >= 4 is 22.4 Å². The minimum absolute atomic E-state index is 0.0100. The Bertz CT molecular complexity index is 392.